The van der Waals surface area contributed by atoms with E-state index in [1.54, 1.807) is 0 Å². The summed E-state index contributed by atoms with van der Waals surface area (Å²) >= 11 is 3.45. The van der Waals surface area contributed by atoms with Crippen molar-refractivity contribution in [2.45, 2.75) is 19.3 Å². The first-order chi connectivity index (χ1) is 6.56. The van der Waals surface area contributed by atoms with Gasteiger partial charge < -0.3 is 5.11 Å². The molecule has 1 rings (SSSR count). The fourth-order valence-electron chi connectivity index (χ4n) is 1.38. The van der Waals surface area contributed by atoms with Crippen LogP contribution in [0.3, 0.4) is 0 Å². The van der Waals surface area contributed by atoms with E-state index in [4.69, 9.17) is 5.11 Å². The number of halogens is 1. The van der Waals surface area contributed by atoms with Gasteiger partial charge in [0.15, 0.2) is 0 Å². The van der Waals surface area contributed by atoms with E-state index in [-0.39, 0.29) is 12.1 Å². The molecule has 14 heavy (non-hydrogen) atoms. The molecule has 0 heterocycles. The average Bonchev–Trinajstić information content (AvgIpc) is 2.15. The molecular weight excluding hydrogens is 242 g/mol. The molecule has 1 aromatic rings. The van der Waals surface area contributed by atoms with Gasteiger partial charge in [0.2, 0.25) is 0 Å². The Hall–Kier alpha value is -0.380. The number of benzene rings is 1. The summed E-state index contributed by atoms with van der Waals surface area (Å²) < 4.78 is 1.09. The van der Waals surface area contributed by atoms with E-state index in [9.17, 15) is 0 Å². The van der Waals surface area contributed by atoms with Crippen LogP contribution in [0, 0.1) is 0 Å². The highest BCUT2D eigenvalue weighted by Crippen LogP contribution is 2.24. The van der Waals surface area contributed by atoms with Crippen molar-refractivity contribution in [3.8, 4) is 0 Å². The van der Waals surface area contributed by atoms with Crippen LogP contribution in [0.2, 0.25) is 0 Å². The minimum Gasteiger partial charge on any atom is -0.381 e. The molecule has 0 spiro atoms. The summed E-state index contributed by atoms with van der Waals surface area (Å²) in [4.78, 5) is 0. The lowest BCUT2D eigenvalue weighted by Gasteiger charge is -2.25. The summed E-state index contributed by atoms with van der Waals surface area (Å²) in [6, 6.07) is 8.25. The largest absolute Gasteiger partial charge is 0.381 e. The van der Waals surface area contributed by atoms with Crippen LogP contribution >= 0.6 is 15.9 Å². The minimum atomic E-state index is 0.0252. The molecule has 0 aliphatic rings. The lowest BCUT2D eigenvalue weighted by molar-refractivity contribution is 0.247. The van der Waals surface area contributed by atoms with E-state index in [1.165, 1.54) is 5.56 Å². The highest BCUT2D eigenvalue weighted by atomic mass is 79.9. The number of hydrogen-bond acceptors (Lipinski definition) is 2. The molecule has 0 aromatic heterocycles. The van der Waals surface area contributed by atoms with Crippen molar-refractivity contribution in [3.63, 3.8) is 0 Å². The number of rotatable bonds is 4. The molecule has 0 bridgehead atoms. The third kappa shape index (κ3) is 3.08. The van der Waals surface area contributed by atoms with Gasteiger partial charge in [-0.2, -0.15) is 0 Å². The van der Waals surface area contributed by atoms with Crippen LogP contribution in [0.5, 0.6) is 0 Å². The second kappa shape index (κ2) is 4.91. The zero-order valence-electron chi connectivity index (χ0n) is 8.55. The van der Waals surface area contributed by atoms with Gasteiger partial charge in [-0.15, -0.1) is 0 Å². The monoisotopic (exact) mass is 257 g/mol. The molecule has 0 atom stereocenters. The lowest BCUT2D eigenvalue weighted by Crippen LogP contribution is -2.33. The molecule has 0 amide bonds. The van der Waals surface area contributed by atoms with Crippen LogP contribution in [-0.4, -0.2) is 18.4 Å². The number of nitrogens with one attached hydrogen (secondary N) is 1. The van der Waals surface area contributed by atoms with E-state index >= 15 is 0 Å². The number of aliphatic hydroxyl groups excluding tert-OH is 1. The highest BCUT2D eigenvalue weighted by Gasteiger charge is 2.19. The predicted molar refractivity (Wildman–Crippen MR) is 62.3 cm³/mol. The van der Waals surface area contributed by atoms with Gasteiger partial charge >= 0.3 is 0 Å². The quantitative estimate of drug-likeness (QED) is 0.812. The van der Waals surface area contributed by atoms with Crippen LogP contribution in [-0.2, 0) is 5.41 Å². The van der Waals surface area contributed by atoms with Crippen LogP contribution < -0.4 is 5.32 Å². The van der Waals surface area contributed by atoms with E-state index in [2.05, 4.69) is 47.2 Å². The third-order valence-electron chi connectivity index (χ3n) is 2.28. The van der Waals surface area contributed by atoms with Gasteiger partial charge in [0, 0.05) is 16.4 Å². The second-order valence-electron chi connectivity index (χ2n) is 3.98. The maximum Gasteiger partial charge on any atom is 0.0931 e. The normalized spacial score (nSPS) is 11.7. The Kier molecular flexibility index (Phi) is 4.11. The van der Waals surface area contributed by atoms with E-state index in [0.29, 0.717) is 0 Å². The standard InChI is InChI=1S/C11H16BrNO/c1-11(2,7-13-8-14)9-4-3-5-10(12)6-9/h3-6,13-14H,7-8H2,1-2H3. The molecule has 0 saturated carbocycles. The molecule has 0 aliphatic carbocycles. The van der Waals surface area contributed by atoms with E-state index in [0.717, 1.165) is 11.0 Å². The van der Waals surface area contributed by atoms with Crippen molar-refractivity contribution in [1.29, 1.82) is 0 Å². The molecule has 0 fully saturated rings. The van der Waals surface area contributed by atoms with Gasteiger partial charge in [-0.05, 0) is 17.7 Å². The molecule has 0 saturated heterocycles. The summed E-state index contributed by atoms with van der Waals surface area (Å²) in [6.07, 6.45) is 0. The van der Waals surface area contributed by atoms with Crippen molar-refractivity contribution in [3.05, 3.63) is 34.3 Å². The summed E-state index contributed by atoms with van der Waals surface area (Å²) in [7, 11) is 0. The molecule has 0 radical (unpaired) electrons. The maximum atomic E-state index is 8.71. The van der Waals surface area contributed by atoms with Crippen molar-refractivity contribution in [2.75, 3.05) is 13.3 Å². The minimum absolute atomic E-state index is 0.0252. The smallest absolute Gasteiger partial charge is 0.0931 e. The lowest BCUT2D eigenvalue weighted by atomic mass is 9.85. The topological polar surface area (TPSA) is 32.3 Å². The second-order valence-corrected chi connectivity index (χ2v) is 4.89. The first-order valence-electron chi connectivity index (χ1n) is 4.64. The van der Waals surface area contributed by atoms with Gasteiger partial charge in [0.25, 0.3) is 0 Å². The Labute approximate surface area is 93.5 Å². The van der Waals surface area contributed by atoms with Crippen LogP contribution in [0.1, 0.15) is 19.4 Å². The summed E-state index contributed by atoms with van der Waals surface area (Å²) in [6.45, 7) is 5.09. The van der Waals surface area contributed by atoms with Crippen LogP contribution in [0.15, 0.2) is 28.7 Å². The van der Waals surface area contributed by atoms with E-state index < -0.39 is 0 Å². The Balaban J connectivity index is 2.80. The fraction of sp³-hybridized carbons (Fsp3) is 0.455. The fourth-order valence-corrected chi connectivity index (χ4v) is 1.78. The van der Waals surface area contributed by atoms with Gasteiger partial charge in [-0.25, -0.2) is 0 Å². The van der Waals surface area contributed by atoms with Gasteiger partial charge in [0.1, 0.15) is 0 Å². The van der Waals surface area contributed by atoms with Crippen molar-refractivity contribution >= 4 is 15.9 Å². The van der Waals surface area contributed by atoms with Crippen LogP contribution in [0.4, 0.5) is 0 Å². The first-order valence-corrected chi connectivity index (χ1v) is 5.43. The van der Waals surface area contributed by atoms with Gasteiger partial charge in [0.05, 0.1) is 6.73 Å². The number of hydrogen-bond donors (Lipinski definition) is 2. The van der Waals surface area contributed by atoms with E-state index in [1.807, 2.05) is 12.1 Å². The van der Waals surface area contributed by atoms with Crippen LogP contribution in [0.25, 0.3) is 0 Å². The SMILES string of the molecule is CC(C)(CNCO)c1cccc(Br)c1. The summed E-state index contributed by atoms with van der Waals surface area (Å²) in [5.41, 5.74) is 1.29. The molecular formula is C11H16BrNO. The Morgan fingerprint density at radius 3 is 2.71 bits per heavy atom. The summed E-state index contributed by atoms with van der Waals surface area (Å²) in [5, 5.41) is 11.7. The Bertz CT molecular complexity index is 299. The Morgan fingerprint density at radius 1 is 1.43 bits per heavy atom. The molecule has 3 heteroatoms. The van der Waals surface area contributed by atoms with Crippen molar-refractivity contribution in [1.82, 2.24) is 5.32 Å². The van der Waals surface area contributed by atoms with Gasteiger partial charge in [-0.1, -0.05) is 41.9 Å². The molecule has 1 aromatic carbocycles. The maximum absolute atomic E-state index is 8.71. The first kappa shape index (κ1) is 11.7. The summed E-state index contributed by atoms with van der Waals surface area (Å²) in [5.74, 6) is 0. The zero-order chi connectivity index (χ0) is 10.6. The predicted octanol–water partition coefficient (Wildman–Crippen LogP) is 2.27. The molecule has 2 N–H and O–H groups in total. The Morgan fingerprint density at radius 2 is 2.14 bits per heavy atom. The van der Waals surface area contributed by atoms with Crippen molar-refractivity contribution in [2.24, 2.45) is 0 Å². The number of aliphatic hydroxyl groups is 1. The zero-order valence-corrected chi connectivity index (χ0v) is 10.1. The highest BCUT2D eigenvalue weighted by molar-refractivity contribution is 9.10. The molecule has 0 aliphatic heterocycles. The molecule has 78 valence electrons. The molecule has 0 unspecified atom stereocenters. The van der Waals surface area contributed by atoms with Crippen molar-refractivity contribution < 1.29 is 5.11 Å². The third-order valence-corrected chi connectivity index (χ3v) is 2.78. The molecule has 2 nitrogen and oxygen atoms in total. The average molecular weight is 258 g/mol. The van der Waals surface area contributed by atoms with Gasteiger partial charge in [-0.3, -0.25) is 5.32 Å².